The Hall–Kier alpha value is -0.340. The van der Waals surface area contributed by atoms with Gasteiger partial charge in [0.25, 0.3) is 0 Å². The fourth-order valence-electron chi connectivity index (χ4n) is 3.12. The molecule has 1 aromatic rings. The van der Waals surface area contributed by atoms with Crippen LogP contribution in [0.5, 0.6) is 0 Å². The highest BCUT2D eigenvalue weighted by Gasteiger charge is 2.46. The van der Waals surface area contributed by atoms with Crippen molar-refractivity contribution >= 4 is 11.3 Å². The minimum Gasteiger partial charge on any atom is -0.306 e. The highest BCUT2D eigenvalue weighted by molar-refractivity contribution is 7.12. The van der Waals surface area contributed by atoms with Crippen LogP contribution in [0, 0.1) is 12.8 Å². The van der Waals surface area contributed by atoms with Gasteiger partial charge in [-0.2, -0.15) is 0 Å². The second-order valence-corrected chi connectivity index (χ2v) is 6.68. The Balaban J connectivity index is 1.94. The SMILES string of the molecule is Cc1ccc(C2(C3CC3)CCCCCN2)s1. The Morgan fingerprint density at radius 2 is 2.12 bits per heavy atom. The molecule has 0 spiro atoms. The molecule has 1 N–H and O–H groups in total. The van der Waals surface area contributed by atoms with Crippen LogP contribution in [0.3, 0.4) is 0 Å². The molecular formula is C14H21NS. The zero-order chi connectivity index (χ0) is 11.0. The van der Waals surface area contributed by atoms with Crippen molar-refractivity contribution in [1.29, 1.82) is 0 Å². The standard InChI is InChI=1S/C14H21NS/c1-11-5-8-13(16-11)14(12-6-7-12)9-3-2-4-10-15-14/h5,8,12,15H,2-4,6-7,9-10H2,1H3. The van der Waals surface area contributed by atoms with E-state index in [1.54, 1.807) is 4.88 Å². The summed E-state index contributed by atoms with van der Waals surface area (Å²) in [7, 11) is 0. The fraction of sp³-hybridized carbons (Fsp3) is 0.714. The summed E-state index contributed by atoms with van der Waals surface area (Å²) in [4.78, 5) is 3.07. The van der Waals surface area contributed by atoms with Crippen molar-refractivity contribution in [2.24, 2.45) is 5.92 Å². The number of hydrogen-bond donors (Lipinski definition) is 1. The first-order chi connectivity index (χ1) is 7.81. The first-order valence-electron chi connectivity index (χ1n) is 6.63. The van der Waals surface area contributed by atoms with E-state index in [2.05, 4.69) is 24.4 Å². The molecule has 2 heterocycles. The average Bonchev–Trinajstić information content (AvgIpc) is 3.06. The van der Waals surface area contributed by atoms with Crippen molar-refractivity contribution in [3.8, 4) is 0 Å². The molecule has 1 nitrogen and oxygen atoms in total. The molecule has 1 aromatic heterocycles. The third-order valence-corrected chi connectivity index (χ3v) is 5.32. The third-order valence-electron chi connectivity index (χ3n) is 4.14. The Labute approximate surface area is 102 Å². The second kappa shape index (κ2) is 4.15. The van der Waals surface area contributed by atoms with E-state index in [-0.39, 0.29) is 0 Å². The smallest absolute Gasteiger partial charge is 0.0557 e. The van der Waals surface area contributed by atoms with Crippen molar-refractivity contribution in [3.63, 3.8) is 0 Å². The molecule has 0 aromatic carbocycles. The van der Waals surface area contributed by atoms with Crippen molar-refractivity contribution < 1.29 is 0 Å². The molecule has 0 amide bonds. The van der Waals surface area contributed by atoms with Gasteiger partial charge in [-0.25, -0.2) is 0 Å². The predicted octanol–water partition coefficient (Wildman–Crippen LogP) is 3.83. The lowest BCUT2D eigenvalue weighted by atomic mass is 9.86. The summed E-state index contributed by atoms with van der Waals surface area (Å²) in [5, 5.41) is 3.90. The van der Waals surface area contributed by atoms with Gasteiger partial charge in [0.2, 0.25) is 0 Å². The summed E-state index contributed by atoms with van der Waals surface area (Å²) in [5.74, 6) is 0.920. The normalized spacial score (nSPS) is 31.3. The summed E-state index contributed by atoms with van der Waals surface area (Å²) < 4.78 is 0. The van der Waals surface area contributed by atoms with Crippen LogP contribution in [0.15, 0.2) is 12.1 Å². The maximum absolute atomic E-state index is 3.90. The number of hydrogen-bond acceptors (Lipinski definition) is 2. The van der Waals surface area contributed by atoms with Gasteiger partial charge >= 0.3 is 0 Å². The molecule has 2 heteroatoms. The summed E-state index contributed by atoms with van der Waals surface area (Å²) in [5.41, 5.74) is 0.357. The fourth-order valence-corrected chi connectivity index (χ4v) is 4.26. The van der Waals surface area contributed by atoms with Gasteiger partial charge in [0.05, 0.1) is 5.54 Å². The maximum Gasteiger partial charge on any atom is 0.0557 e. The first-order valence-corrected chi connectivity index (χ1v) is 7.45. The van der Waals surface area contributed by atoms with Crippen LogP contribution in [0.4, 0.5) is 0 Å². The van der Waals surface area contributed by atoms with Crippen molar-refractivity contribution in [1.82, 2.24) is 5.32 Å². The van der Waals surface area contributed by atoms with Gasteiger partial charge in [0, 0.05) is 9.75 Å². The predicted molar refractivity (Wildman–Crippen MR) is 69.9 cm³/mol. The van der Waals surface area contributed by atoms with Crippen LogP contribution >= 0.6 is 11.3 Å². The molecule has 1 saturated heterocycles. The van der Waals surface area contributed by atoms with Crippen LogP contribution < -0.4 is 5.32 Å². The van der Waals surface area contributed by atoms with E-state index in [0.29, 0.717) is 5.54 Å². The minimum absolute atomic E-state index is 0.357. The summed E-state index contributed by atoms with van der Waals surface area (Å²) in [6.45, 7) is 3.44. The van der Waals surface area contributed by atoms with E-state index < -0.39 is 0 Å². The monoisotopic (exact) mass is 235 g/mol. The van der Waals surface area contributed by atoms with Crippen LogP contribution in [-0.4, -0.2) is 6.54 Å². The summed E-state index contributed by atoms with van der Waals surface area (Å²) >= 11 is 2.01. The average molecular weight is 235 g/mol. The lowest BCUT2D eigenvalue weighted by molar-refractivity contribution is 0.285. The zero-order valence-corrected chi connectivity index (χ0v) is 10.9. The molecule has 0 bridgehead atoms. The topological polar surface area (TPSA) is 12.0 Å². The summed E-state index contributed by atoms with van der Waals surface area (Å²) in [6.07, 6.45) is 8.40. The van der Waals surface area contributed by atoms with Gasteiger partial charge in [-0.3, -0.25) is 0 Å². The molecule has 1 atom stereocenters. The Kier molecular flexibility index (Phi) is 2.80. The van der Waals surface area contributed by atoms with Crippen molar-refractivity contribution in [2.45, 2.75) is 51.0 Å². The van der Waals surface area contributed by atoms with Gasteiger partial charge in [-0.1, -0.05) is 12.8 Å². The Morgan fingerprint density at radius 3 is 2.81 bits per heavy atom. The van der Waals surface area contributed by atoms with E-state index in [4.69, 9.17) is 0 Å². The second-order valence-electron chi connectivity index (χ2n) is 5.39. The molecule has 88 valence electrons. The molecule has 1 saturated carbocycles. The molecule has 2 aliphatic rings. The van der Waals surface area contributed by atoms with Crippen molar-refractivity contribution in [3.05, 3.63) is 21.9 Å². The molecule has 16 heavy (non-hydrogen) atoms. The van der Waals surface area contributed by atoms with Gasteiger partial charge < -0.3 is 5.32 Å². The van der Waals surface area contributed by atoms with E-state index >= 15 is 0 Å². The lowest BCUT2D eigenvalue weighted by Crippen LogP contribution is -2.43. The zero-order valence-electron chi connectivity index (χ0n) is 10.1. The highest BCUT2D eigenvalue weighted by atomic mass is 32.1. The maximum atomic E-state index is 3.90. The largest absolute Gasteiger partial charge is 0.306 e. The Morgan fingerprint density at radius 1 is 1.25 bits per heavy atom. The van der Waals surface area contributed by atoms with Gasteiger partial charge in [0.1, 0.15) is 0 Å². The number of aryl methyl sites for hydroxylation is 1. The van der Waals surface area contributed by atoms with Gasteiger partial charge in [-0.15, -0.1) is 11.3 Å². The van der Waals surface area contributed by atoms with E-state index in [1.165, 1.54) is 49.9 Å². The van der Waals surface area contributed by atoms with Crippen LogP contribution in [0.1, 0.15) is 48.3 Å². The van der Waals surface area contributed by atoms with E-state index in [9.17, 15) is 0 Å². The molecule has 1 aliphatic carbocycles. The summed E-state index contributed by atoms with van der Waals surface area (Å²) in [6, 6.07) is 4.66. The third kappa shape index (κ3) is 1.82. The van der Waals surface area contributed by atoms with E-state index in [1.807, 2.05) is 11.3 Å². The highest BCUT2D eigenvalue weighted by Crippen LogP contribution is 2.50. The number of thiophene rings is 1. The molecule has 1 aliphatic heterocycles. The number of rotatable bonds is 2. The van der Waals surface area contributed by atoms with Crippen LogP contribution in [0.25, 0.3) is 0 Å². The Bertz CT molecular complexity index is 357. The molecule has 1 unspecified atom stereocenters. The quantitative estimate of drug-likeness (QED) is 0.821. The van der Waals surface area contributed by atoms with Gasteiger partial charge in [0.15, 0.2) is 0 Å². The lowest BCUT2D eigenvalue weighted by Gasteiger charge is -2.33. The molecule has 3 rings (SSSR count). The van der Waals surface area contributed by atoms with E-state index in [0.717, 1.165) is 5.92 Å². The number of nitrogens with one attached hydrogen (secondary N) is 1. The van der Waals surface area contributed by atoms with Crippen molar-refractivity contribution in [2.75, 3.05) is 6.54 Å². The van der Waals surface area contributed by atoms with Crippen LogP contribution in [-0.2, 0) is 5.54 Å². The molecule has 0 radical (unpaired) electrons. The first kappa shape index (κ1) is 10.8. The molecule has 2 fully saturated rings. The molecular weight excluding hydrogens is 214 g/mol. The van der Waals surface area contributed by atoms with Crippen LogP contribution in [0.2, 0.25) is 0 Å². The van der Waals surface area contributed by atoms with Gasteiger partial charge in [-0.05, 0) is 57.2 Å². The minimum atomic E-state index is 0.357.